The summed E-state index contributed by atoms with van der Waals surface area (Å²) in [5.41, 5.74) is 0. The Morgan fingerprint density at radius 3 is 2.94 bits per heavy atom. The molecule has 3 nitrogen and oxygen atoms in total. The van der Waals surface area contributed by atoms with Crippen LogP contribution in [0, 0.1) is 0 Å². The molecule has 0 aromatic carbocycles. The molecule has 3 heterocycles. The van der Waals surface area contributed by atoms with Gasteiger partial charge in [-0.2, -0.15) is 0 Å². The zero-order chi connectivity index (χ0) is 12.4. The highest BCUT2D eigenvalue weighted by molar-refractivity contribution is 4.95. The van der Waals surface area contributed by atoms with E-state index in [1.54, 1.807) is 0 Å². The van der Waals surface area contributed by atoms with Crippen molar-refractivity contribution < 1.29 is 4.74 Å². The number of nitrogens with one attached hydrogen (secondary N) is 2. The van der Waals surface area contributed by atoms with Crippen LogP contribution >= 0.6 is 0 Å². The monoisotopic (exact) mass is 252 g/mol. The van der Waals surface area contributed by atoms with Gasteiger partial charge >= 0.3 is 0 Å². The second kappa shape index (κ2) is 5.89. The van der Waals surface area contributed by atoms with Gasteiger partial charge in [0.2, 0.25) is 0 Å². The Kier molecular flexibility index (Phi) is 4.22. The number of hydrogen-bond acceptors (Lipinski definition) is 3. The Morgan fingerprint density at radius 1 is 1.22 bits per heavy atom. The van der Waals surface area contributed by atoms with E-state index in [1.165, 1.54) is 57.9 Å². The number of ether oxygens (including phenoxy) is 1. The number of hydrogen-bond donors (Lipinski definition) is 2. The van der Waals surface area contributed by atoms with Gasteiger partial charge in [-0.05, 0) is 52.0 Å². The van der Waals surface area contributed by atoms with Crippen LogP contribution in [0.25, 0.3) is 0 Å². The minimum absolute atomic E-state index is 0.513. The smallest absolute Gasteiger partial charge is 0.0733 e. The van der Waals surface area contributed by atoms with Crippen LogP contribution < -0.4 is 10.6 Å². The SMILES string of the molecule is CC(CC1CCCCCN1)NC1CC2CCC1O2. The van der Waals surface area contributed by atoms with E-state index in [2.05, 4.69) is 17.6 Å². The molecule has 3 aliphatic rings. The average Bonchev–Trinajstić information content (AvgIpc) is 2.86. The van der Waals surface area contributed by atoms with Crippen molar-refractivity contribution in [2.24, 2.45) is 0 Å². The number of rotatable bonds is 4. The van der Waals surface area contributed by atoms with Crippen molar-refractivity contribution in [3.63, 3.8) is 0 Å². The third-order valence-corrected chi connectivity index (χ3v) is 4.91. The first-order valence-corrected chi connectivity index (χ1v) is 7.96. The maximum absolute atomic E-state index is 5.92. The fraction of sp³-hybridized carbons (Fsp3) is 1.00. The molecule has 3 fully saturated rings. The highest BCUT2D eigenvalue weighted by atomic mass is 16.5. The highest BCUT2D eigenvalue weighted by Gasteiger charge is 2.40. The zero-order valence-electron chi connectivity index (χ0n) is 11.7. The van der Waals surface area contributed by atoms with Gasteiger partial charge in [0.25, 0.3) is 0 Å². The van der Waals surface area contributed by atoms with Crippen LogP contribution in [0.3, 0.4) is 0 Å². The second-order valence-electron chi connectivity index (χ2n) is 6.52. The fourth-order valence-electron chi connectivity index (χ4n) is 3.98. The molecule has 0 aliphatic carbocycles. The van der Waals surface area contributed by atoms with Gasteiger partial charge in [0.05, 0.1) is 12.2 Å². The van der Waals surface area contributed by atoms with Crippen molar-refractivity contribution >= 4 is 0 Å². The van der Waals surface area contributed by atoms with Crippen molar-refractivity contribution in [2.75, 3.05) is 6.54 Å². The molecule has 0 radical (unpaired) electrons. The van der Waals surface area contributed by atoms with Crippen LogP contribution in [-0.4, -0.2) is 36.9 Å². The molecule has 3 rings (SSSR count). The lowest BCUT2D eigenvalue weighted by Crippen LogP contribution is -2.45. The Hall–Kier alpha value is -0.120. The Morgan fingerprint density at radius 2 is 2.17 bits per heavy atom. The summed E-state index contributed by atoms with van der Waals surface area (Å²) < 4.78 is 5.92. The first-order chi connectivity index (χ1) is 8.81. The van der Waals surface area contributed by atoms with Crippen LogP contribution in [0.15, 0.2) is 0 Å². The van der Waals surface area contributed by atoms with Gasteiger partial charge in [-0.15, -0.1) is 0 Å². The Balaban J connectivity index is 1.42. The molecule has 2 bridgehead atoms. The second-order valence-corrected chi connectivity index (χ2v) is 6.52. The van der Waals surface area contributed by atoms with E-state index in [4.69, 9.17) is 4.74 Å². The van der Waals surface area contributed by atoms with Gasteiger partial charge in [0.1, 0.15) is 0 Å². The van der Waals surface area contributed by atoms with Gasteiger partial charge in [-0.25, -0.2) is 0 Å². The molecule has 104 valence electrons. The van der Waals surface area contributed by atoms with Crippen LogP contribution in [0.4, 0.5) is 0 Å². The maximum atomic E-state index is 5.92. The summed E-state index contributed by atoms with van der Waals surface area (Å²) in [6.07, 6.45) is 11.7. The summed E-state index contributed by atoms with van der Waals surface area (Å²) in [5, 5.41) is 7.51. The lowest BCUT2D eigenvalue weighted by Gasteiger charge is -2.27. The standard InChI is InChI=1S/C15H28N2O/c1-11(9-12-5-3-2-4-8-16-12)17-14-10-13-6-7-15(14)18-13/h11-17H,2-10H2,1H3. The molecule has 3 aliphatic heterocycles. The largest absolute Gasteiger partial charge is 0.373 e. The van der Waals surface area contributed by atoms with E-state index in [9.17, 15) is 0 Å². The first-order valence-electron chi connectivity index (χ1n) is 7.96. The molecular formula is C15H28N2O. The summed E-state index contributed by atoms with van der Waals surface area (Å²) in [7, 11) is 0. The molecule has 3 heteroatoms. The molecule has 0 aromatic rings. The molecule has 0 saturated carbocycles. The van der Waals surface area contributed by atoms with Crippen LogP contribution in [0.2, 0.25) is 0 Å². The molecule has 3 saturated heterocycles. The van der Waals surface area contributed by atoms with Gasteiger partial charge in [-0.1, -0.05) is 12.8 Å². The van der Waals surface area contributed by atoms with E-state index in [-0.39, 0.29) is 0 Å². The van der Waals surface area contributed by atoms with Crippen molar-refractivity contribution in [3.05, 3.63) is 0 Å². The molecule has 5 atom stereocenters. The van der Waals surface area contributed by atoms with E-state index < -0.39 is 0 Å². The Bertz CT molecular complexity index is 263. The summed E-state index contributed by atoms with van der Waals surface area (Å²) in [4.78, 5) is 0. The molecule has 18 heavy (non-hydrogen) atoms. The topological polar surface area (TPSA) is 33.3 Å². The third-order valence-electron chi connectivity index (χ3n) is 4.91. The summed E-state index contributed by atoms with van der Waals surface area (Å²) >= 11 is 0. The molecule has 0 amide bonds. The maximum Gasteiger partial charge on any atom is 0.0733 e. The molecular weight excluding hydrogens is 224 g/mol. The lowest BCUT2D eigenvalue weighted by molar-refractivity contribution is 0.0959. The van der Waals surface area contributed by atoms with E-state index >= 15 is 0 Å². The zero-order valence-corrected chi connectivity index (χ0v) is 11.7. The van der Waals surface area contributed by atoms with Crippen molar-refractivity contribution in [3.8, 4) is 0 Å². The van der Waals surface area contributed by atoms with Crippen LogP contribution in [-0.2, 0) is 4.74 Å². The minimum atomic E-state index is 0.513. The van der Waals surface area contributed by atoms with Gasteiger partial charge in [-0.3, -0.25) is 0 Å². The van der Waals surface area contributed by atoms with E-state index in [0.29, 0.717) is 24.3 Å². The van der Waals surface area contributed by atoms with Crippen LogP contribution in [0.5, 0.6) is 0 Å². The van der Waals surface area contributed by atoms with Crippen LogP contribution in [0.1, 0.15) is 58.3 Å². The predicted octanol–water partition coefficient (Wildman–Crippen LogP) is 2.21. The summed E-state index contributed by atoms with van der Waals surface area (Å²) in [6, 6.07) is 1.98. The normalized spacial score (nSPS) is 41.8. The van der Waals surface area contributed by atoms with Gasteiger partial charge in [0.15, 0.2) is 0 Å². The molecule has 5 unspecified atom stereocenters. The van der Waals surface area contributed by atoms with Crippen molar-refractivity contribution in [1.82, 2.24) is 10.6 Å². The highest BCUT2D eigenvalue weighted by Crippen LogP contribution is 2.34. The van der Waals surface area contributed by atoms with Crippen molar-refractivity contribution in [2.45, 2.75) is 88.6 Å². The summed E-state index contributed by atoms with van der Waals surface area (Å²) in [6.45, 7) is 3.56. The van der Waals surface area contributed by atoms with Gasteiger partial charge in [0, 0.05) is 18.1 Å². The quantitative estimate of drug-likeness (QED) is 0.805. The lowest BCUT2D eigenvalue weighted by atomic mass is 9.94. The summed E-state index contributed by atoms with van der Waals surface area (Å²) in [5.74, 6) is 0. The predicted molar refractivity (Wildman–Crippen MR) is 73.8 cm³/mol. The minimum Gasteiger partial charge on any atom is -0.373 e. The first kappa shape index (κ1) is 12.9. The third kappa shape index (κ3) is 3.06. The molecule has 2 N–H and O–H groups in total. The van der Waals surface area contributed by atoms with Crippen molar-refractivity contribution in [1.29, 1.82) is 0 Å². The Labute approximate surface area is 111 Å². The number of fused-ring (bicyclic) bond motifs is 2. The van der Waals surface area contributed by atoms with E-state index in [0.717, 1.165) is 6.04 Å². The molecule has 0 spiro atoms. The fourth-order valence-corrected chi connectivity index (χ4v) is 3.98. The van der Waals surface area contributed by atoms with E-state index in [1.807, 2.05) is 0 Å². The molecule has 0 aromatic heterocycles. The van der Waals surface area contributed by atoms with Gasteiger partial charge < -0.3 is 15.4 Å². The average molecular weight is 252 g/mol.